The number of aryl methyl sites for hydroxylation is 2. The number of fused-ring (bicyclic) bond motifs is 1. The third-order valence-electron chi connectivity index (χ3n) is 6.33. The monoisotopic (exact) mass is 422 g/mol. The van der Waals surface area contributed by atoms with Crippen molar-refractivity contribution in [2.75, 3.05) is 26.3 Å². The normalized spacial score (nSPS) is 17.6. The maximum absolute atomic E-state index is 12.9. The number of rotatable bonds is 8. The Morgan fingerprint density at radius 1 is 1.06 bits per heavy atom. The highest BCUT2D eigenvalue weighted by Crippen LogP contribution is 2.26. The number of nitrogens with zero attached hydrogens (tertiary/aromatic N) is 1. The van der Waals surface area contributed by atoms with Crippen molar-refractivity contribution in [3.05, 3.63) is 64.7 Å². The van der Waals surface area contributed by atoms with Crippen LogP contribution < -0.4 is 10.1 Å². The summed E-state index contributed by atoms with van der Waals surface area (Å²) in [5.41, 5.74) is 5.21. The quantitative estimate of drug-likeness (QED) is 0.702. The zero-order chi connectivity index (χ0) is 21.5. The first kappa shape index (κ1) is 21.8. The molecule has 1 amide bonds. The highest BCUT2D eigenvalue weighted by molar-refractivity contribution is 5.81. The predicted molar refractivity (Wildman–Crippen MR) is 122 cm³/mol. The molecule has 2 aliphatic rings. The Labute approximate surface area is 185 Å². The number of morpholine rings is 1. The molecule has 1 atom stereocenters. The molecule has 166 valence electrons. The lowest BCUT2D eigenvalue weighted by Crippen LogP contribution is -2.38. The summed E-state index contributed by atoms with van der Waals surface area (Å²) in [5, 5.41) is 3.10. The van der Waals surface area contributed by atoms with Crippen LogP contribution in [-0.2, 0) is 35.5 Å². The van der Waals surface area contributed by atoms with Gasteiger partial charge < -0.3 is 14.8 Å². The van der Waals surface area contributed by atoms with Gasteiger partial charge in [0, 0.05) is 26.2 Å². The second-order valence-electron chi connectivity index (χ2n) is 8.53. The number of carbonyl (C=O) groups is 1. The van der Waals surface area contributed by atoms with Crippen LogP contribution in [-0.4, -0.2) is 43.2 Å². The van der Waals surface area contributed by atoms with E-state index in [1.54, 1.807) is 0 Å². The Hall–Kier alpha value is -2.37. The van der Waals surface area contributed by atoms with E-state index in [0.717, 1.165) is 57.0 Å². The number of nitrogens with one attached hydrogen (secondary N) is 1. The van der Waals surface area contributed by atoms with Gasteiger partial charge >= 0.3 is 0 Å². The SMILES string of the molecule is CCC(Oc1ccc2c(c1)CCCC2)C(=O)NCc1ccccc1CN1CCOCC1. The van der Waals surface area contributed by atoms with Crippen molar-refractivity contribution in [2.45, 2.75) is 58.2 Å². The summed E-state index contributed by atoms with van der Waals surface area (Å²) >= 11 is 0. The van der Waals surface area contributed by atoms with Gasteiger partial charge in [0.05, 0.1) is 13.2 Å². The van der Waals surface area contributed by atoms with Crippen molar-refractivity contribution in [3.63, 3.8) is 0 Å². The molecule has 0 radical (unpaired) electrons. The number of hydrogen-bond acceptors (Lipinski definition) is 4. The molecule has 0 bridgehead atoms. The van der Waals surface area contributed by atoms with E-state index in [9.17, 15) is 4.79 Å². The molecular weight excluding hydrogens is 388 g/mol. The molecule has 1 saturated heterocycles. The standard InChI is InChI=1S/C26H34N2O3/c1-2-25(31-24-12-11-20-7-3-4-8-21(20)17-24)26(29)27-18-22-9-5-6-10-23(22)19-28-13-15-30-16-14-28/h5-6,9-12,17,25H,2-4,7-8,13-16,18-19H2,1H3,(H,27,29). The molecule has 2 aromatic rings. The predicted octanol–water partition coefficient (Wildman–Crippen LogP) is 3.87. The van der Waals surface area contributed by atoms with E-state index in [2.05, 4.69) is 40.5 Å². The second kappa shape index (κ2) is 10.8. The summed E-state index contributed by atoms with van der Waals surface area (Å²) < 4.78 is 11.5. The summed E-state index contributed by atoms with van der Waals surface area (Å²) in [6.45, 7) is 6.88. The lowest BCUT2D eigenvalue weighted by Gasteiger charge is -2.27. The first-order chi connectivity index (χ1) is 15.2. The summed E-state index contributed by atoms with van der Waals surface area (Å²) in [6.07, 6.45) is 4.91. The van der Waals surface area contributed by atoms with Crippen LogP contribution in [0.5, 0.6) is 5.75 Å². The van der Waals surface area contributed by atoms with Crippen molar-refractivity contribution in [1.82, 2.24) is 10.2 Å². The summed E-state index contributed by atoms with van der Waals surface area (Å²) in [7, 11) is 0. The van der Waals surface area contributed by atoms with Crippen molar-refractivity contribution in [1.29, 1.82) is 0 Å². The lowest BCUT2D eigenvalue weighted by atomic mass is 9.92. The molecule has 31 heavy (non-hydrogen) atoms. The largest absolute Gasteiger partial charge is 0.481 e. The van der Waals surface area contributed by atoms with E-state index in [4.69, 9.17) is 9.47 Å². The number of amides is 1. The van der Waals surface area contributed by atoms with Gasteiger partial charge in [0.1, 0.15) is 5.75 Å². The molecule has 1 unspecified atom stereocenters. The van der Waals surface area contributed by atoms with Gasteiger partial charge in [-0.3, -0.25) is 9.69 Å². The smallest absolute Gasteiger partial charge is 0.261 e. The lowest BCUT2D eigenvalue weighted by molar-refractivity contribution is -0.128. The van der Waals surface area contributed by atoms with Crippen LogP contribution in [0.1, 0.15) is 48.4 Å². The molecule has 5 nitrogen and oxygen atoms in total. The van der Waals surface area contributed by atoms with E-state index in [1.165, 1.54) is 29.5 Å². The maximum atomic E-state index is 12.9. The molecule has 5 heteroatoms. The molecule has 2 aromatic carbocycles. The molecule has 1 fully saturated rings. The van der Waals surface area contributed by atoms with E-state index in [-0.39, 0.29) is 5.91 Å². The average molecular weight is 423 g/mol. The van der Waals surface area contributed by atoms with E-state index < -0.39 is 6.10 Å². The van der Waals surface area contributed by atoms with Crippen LogP contribution in [0.2, 0.25) is 0 Å². The van der Waals surface area contributed by atoms with Crippen LogP contribution in [0, 0.1) is 0 Å². The maximum Gasteiger partial charge on any atom is 0.261 e. The molecule has 0 aromatic heterocycles. The Morgan fingerprint density at radius 2 is 1.81 bits per heavy atom. The fourth-order valence-corrected chi connectivity index (χ4v) is 4.45. The van der Waals surface area contributed by atoms with E-state index >= 15 is 0 Å². The van der Waals surface area contributed by atoms with Crippen molar-refractivity contribution in [2.24, 2.45) is 0 Å². The van der Waals surface area contributed by atoms with Gasteiger partial charge in [-0.1, -0.05) is 37.3 Å². The van der Waals surface area contributed by atoms with Crippen LogP contribution in [0.15, 0.2) is 42.5 Å². The van der Waals surface area contributed by atoms with Crippen molar-refractivity contribution < 1.29 is 14.3 Å². The zero-order valence-electron chi connectivity index (χ0n) is 18.6. The summed E-state index contributed by atoms with van der Waals surface area (Å²) in [6, 6.07) is 14.6. The number of hydrogen-bond donors (Lipinski definition) is 1. The Morgan fingerprint density at radius 3 is 2.58 bits per heavy atom. The molecule has 1 heterocycles. The average Bonchev–Trinajstić information content (AvgIpc) is 2.82. The highest BCUT2D eigenvalue weighted by Gasteiger charge is 2.20. The second-order valence-corrected chi connectivity index (χ2v) is 8.53. The number of benzene rings is 2. The zero-order valence-corrected chi connectivity index (χ0v) is 18.6. The first-order valence-electron chi connectivity index (χ1n) is 11.7. The summed E-state index contributed by atoms with van der Waals surface area (Å²) in [4.78, 5) is 15.3. The topological polar surface area (TPSA) is 50.8 Å². The van der Waals surface area contributed by atoms with Crippen LogP contribution in [0.3, 0.4) is 0 Å². The minimum atomic E-state index is -0.479. The molecule has 0 spiro atoms. The molecule has 1 N–H and O–H groups in total. The van der Waals surface area contributed by atoms with Gasteiger partial charge in [0.15, 0.2) is 6.10 Å². The van der Waals surface area contributed by atoms with E-state index in [1.807, 2.05) is 19.1 Å². The van der Waals surface area contributed by atoms with Gasteiger partial charge in [-0.15, -0.1) is 0 Å². The van der Waals surface area contributed by atoms with Crippen LogP contribution >= 0.6 is 0 Å². The minimum Gasteiger partial charge on any atom is -0.481 e. The van der Waals surface area contributed by atoms with Gasteiger partial charge in [0.2, 0.25) is 0 Å². The van der Waals surface area contributed by atoms with Gasteiger partial charge in [-0.25, -0.2) is 0 Å². The van der Waals surface area contributed by atoms with Crippen LogP contribution in [0.25, 0.3) is 0 Å². The Balaban J connectivity index is 1.35. The van der Waals surface area contributed by atoms with E-state index in [0.29, 0.717) is 13.0 Å². The molecular formula is C26H34N2O3. The molecule has 1 aliphatic heterocycles. The fraction of sp³-hybridized carbons (Fsp3) is 0.500. The van der Waals surface area contributed by atoms with Gasteiger partial charge in [-0.2, -0.15) is 0 Å². The van der Waals surface area contributed by atoms with Crippen LogP contribution in [0.4, 0.5) is 0 Å². The summed E-state index contributed by atoms with van der Waals surface area (Å²) in [5.74, 6) is 0.747. The minimum absolute atomic E-state index is 0.0543. The molecule has 4 rings (SSSR count). The number of carbonyl (C=O) groups excluding carboxylic acids is 1. The van der Waals surface area contributed by atoms with Gasteiger partial charge in [0.25, 0.3) is 5.91 Å². The van der Waals surface area contributed by atoms with Gasteiger partial charge in [-0.05, 0) is 66.5 Å². The molecule has 0 saturated carbocycles. The van der Waals surface area contributed by atoms with Crippen molar-refractivity contribution >= 4 is 5.91 Å². The first-order valence-corrected chi connectivity index (χ1v) is 11.7. The number of ether oxygens (including phenoxy) is 2. The third-order valence-corrected chi connectivity index (χ3v) is 6.33. The fourth-order valence-electron chi connectivity index (χ4n) is 4.45. The third kappa shape index (κ3) is 5.86. The molecule has 1 aliphatic carbocycles. The van der Waals surface area contributed by atoms with Crippen molar-refractivity contribution in [3.8, 4) is 5.75 Å². The Kier molecular flexibility index (Phi) is 7.60. The Bertz CT molecular complexity index is 877. The highest BCUT2D eigenvalue weighted by atomic mass is 16.5.